The number of alkyl halides is 3. The molecule has 0 saturated heterocycles. The fourth-order valence-electron chi connectivity index (χ4n) is 7.04. The number of amides is 4. The number of benzene rings is 1. The third-order valence-electron chi connectivity index (χ3n) is 10.8. The van der Waals surface area contributed by atoms with Gasteiger partial charge in [0.05, 0.1) is 47.1 Å². The highest BCUT2D eigenvalue weighted by atomic mass is 32.1. The monoisotopic (exact) mass is 998 g/mol. The van der Waals surface area contributed by atoms with Crippen molar-refractivity contribution in [3.05, 3.63) is 164 Å². The maximum Gasteiger partial charge on any atom is 0.416 e. The predicted octanol–water partition coefficient (Wildman–Crippen LogP) is 8.43. The first-order valence-electron chi connectivity index (χ1n) is 21.6. The number of pyridine rings is 2. The van der Waals surface area contributed by atoms with Crippen molar-refractivity contribution in [2.45, 2.75) is 64.7 Å². The number of aromatic nitrogens is 10. The Hall–Kier alpha value is -8.31. The summed E-state index contributed by atoms with van der Waals surface area (Å²) in [6.07, 6.45) is 7.48. The van der Waals surface area contributed by atoms with Crippen LogP contribution in [0.1, 0.15) is 113 Å². The van der Waals surface area contributed by atoms with Crippen molar-refractivity contribution in [3.63, 3.8) is 0 Å². The summed E-state index contributed by atoms with van der Waals surface area (Å²) in [5.74, 6) is -1.76. The van der Waals surface area contributed by atoms with Gasteiger partial charge in [0.15, 0.2) is 0 Å². The lowest BCUT2D eigenvalue weighted by atomic mass is 9.84. The van der Waals surface area contributed by atoms with Gasteiger partial charge in [-0.05, 0) is 74.9 Å². The van der Waals surface area contributed by atoms with Gasteiger partial charge in [-0.2, -0.15) is 13.2 Å². The SMILES string of the molecule is Cc1ccc(NC(=O)c2cnc(C(C)NC(=O)c3cc(-c4ccc(CC(C)(C)c5cc(NC(=O)c6cnc(C(C)NC(=O)c7cc(-c8cccnc8)ncn7)s6)ncn5)nc4)ncn3)s2)cc1C(F)(F)F. The van der Waals surface area contributed by atoms with Crippen molar-refractivity contribution in [1.29, 1.82) is 0 Å². The molecule has 7 heterocycles. The average molecular weight is 999 g/mol. The third kappa shape index (κ3) is 11.9. The number of hydrogen-bond acceptors (Lipinski definition) is 16. The zero-order chi connectivity index (χ0) is 50.5. The van der Waals surface area contributed by atoms with Crippen molar-refractivity contribution < 1.29 is 32.3 Å². The summed E-state index contributed by atoms with van der Waals surface area (Å²) >= 11 is 2.12. The molecule has 0 fully saturated rings. The smallest absolute Gasteiger partial charge is 0.342 e. The van der Waals surface area contributed by atoms with Crippen LogP contribution < -0.4 is 21.3 Å². The number of anilines is 2. The van der Waals surface area contributed by atoms with E-state index in [-0.39, 0.29) is 33.3 Å². The Morgan fingerprint density at radius 1 is 0.620 bits per heavy atom. The first kappa shape index (κ1) is 49.1. The van der Waals surface area contributed by atoms with Crippen LogP contribution in [0, 0.1) is 6.92 Å². The molecule has 7 aromatic heterocycles. The standard InChI is InChI=1S/C48H41F3N14O4S2/c1-25-8-10-30(13-32(25)48(49,50)51)64-43(68)37-20-54-45(70-37)26(2)62-42(67)36-15-34(57-23-59-36)29-9-11-31(53-19-29)17-47(4,5)39-16-40(61-24-60-39)65-44(69)38-21-55-46(71-38)27(3)63-41(66)35-14-33(56-22-58-35)28-7-6-12-52-18-28/h6-16,18-24,26-27H,17H2,1-5H3,(H,62,67)(H,63,66)(H,64,68)(H,60,61,65,69). The van der Waals surface area contributed by atoms with Crippen LogP contribution in [-0.4, -0.2) is 73.5 Å². The number of nitrogens with zero attached hydrogens (tertiary/aromatic N) is 10. The molecule has 1 aromatic carbocycles. The highest BCUT2D eigenvalue weighted by Gasteiger charge is 2.33. The Morgan fingerprint density at radius 3 is 1.77 bits per heavy atom. The van der Waals surface area contributed by atoms with E-state index in [1.165, 1.54) is 56.5 Å². The molecule has 0 bridgehead atoms. The van der Waals surface area contributed by atoms with Gasteiger partial charge in [-0.15, -0.1) is 22.7 Å². The number of nitrogens with one attached hydrogen (secondary N) is 4. The lowest BCUT2D eigenvalue weighted by molar-refractivity contribution is -0.138. The van der Waals surface area contributed by atoms with Gasteiger partial charge >= 0.3 is 6.18 Å². The van der Waals surface area contributed by atoms with Crippen LogP contribution in [0.5, 0.6) is 0 Å². The normalized spacial score (nSPS) is 12.4. The van der Waals surface area contributed by atoms with Crippen LogP contribution in [0.25, 0.3) is 22.5 Å². The molecular weight excluding hydrogens is 958 g/mol. The first-order chi connectivity index (χ1) is 33.9. The fourth-order valence-corrected chi connectivity index (χ4v) is 8.67. The number of rotatable bonds is 15. The minimum absolute atomic E-state index is 0.0164. The minimum Gasteiger partial charge on any atom is -0.342 e. The zero-order valence-electron chi connectivity index (χ0n) is 38.3. The van der Waals surface area contributed by atoms with Crippen LogP contribution in [0.2, 0.25) is 0 Å². The van der Waals surface area contributed by atoms with Crippen molar-refractivity contribution in [1.82, 2.24) is 60.5 Å². The van der Waals surface area contributed by atoms with Crippen molar-refractivity contribution in [3.8, 4) is 22.5 Å². The largest absolute Gasteiger partial charge is 0.416 e. The molecule has 18 nitrogen and oxygen atoms in total. The second kappa shape index (κ2) is 20.7. The molecule has 0 spiro atoms. The summed E-state index contributed by atoms with van der Waals surface area (Å²) < 4.78 is 40.2. The van der Waals surface area contributed by atoms with E-state index in [9.17, 15) is 32.3 Å². The van der Waals surface area contributed by atoms with Gasteiger partial charge in [-0.1, -0.05) is 19.9 Å². The summed E-state index contributed by atoms with van der Waals surface area (Å²) in [4.78, 5) is 96.0. The van der Waals surface area contributed by atoms with Crippen LogP contribution in [0.15, 0.2) is 111 Å². The van der Waals surface area contributed by atoms with Gasteiger partial charge in [-0.25, -0.2) is 39.9 Å². The maximum atomic E-state index is 13.4. The van der Waals surface area contributed by atoms with E-state index >= 15 is 0 Å². The molecule has 23 heteroatoms. The molecule has 0 aliphatic carbocycles. The Bertz CT molecular complexity index is 3260. The Morgan fingerprint density at radius 2 is 1.21 bits per heavy atom. The second-order valence-corrected chi connectivity index (χ2v) is 18.8. The zero-order valence-corrected chi connectivity index (χ0v) is 39.9. The molecular formula is C48H41F3N14O4S2. The van der Waals surface area contributed by atoms with Crippen LogP contribution >= 0.6 is 22.7 Å². The first-order valence-corrected chi connectivity index (χ1v) is 23.2. The molecule has 4 amide bonds. The molecule has 8 aromatic rings. The number of carbonyl (C=O) groups is 4. The molecule has 4 N–H and O–H groups in total. The maximum absolute atomic E-state index is 13.4. The van der Waals surface area contributed by atoms with Crippen molar-refractivity contribution in [2.75, 3.05) is 10.6 Å². The van der Waals surface area contributed by atoms with Crippen molar-refractivity contribution >= 4 is 57.8 Å². The molecule has 8 rings (SSSR count). The van der Waals surface area contributed by atoms with Gasteiger partial charge in [0.2, 0.25) is 0 Å². The summed E-state index contributed by atoms with van der Waals surface area (Å²) in [6, 6.07) is 14.4. The highest BCUT2D eigenvalue weighted by Crippen LogP contribution is 2.34. The van der Waals surface area contributed by atoms with E-state index < -0.39 is 52.9 Å². The van der Waals surface area contributed by atoms with E-state index in [1.54, 1.807) is 50.6 Å². The van der Waals surface area contributed by atoms with E-state index in [2.05, 4.69) is 71.1 Å². The number of halogens is 3. The van der Waals surface area contributed by atoms with Crippen LogP contribution in [-0.2, 0) is 18.0 Å². The van der Waals surface area contributed by atoms with Crippen molar-refractivity contribution in [2.24, 2.45) is 0 Å². The molecule has 2 unspecified atom stereocenters. The average Bonchev–Trinajstić information content (AvgIpc) is 4.07. The number of carbonyl (C=O) groups excluding carboxylic acids is 4. The van der Waals surface area contributed by atoms with Gasteiger partial charge in [0.1, 0.15) is 56.0 Å². The number of hydrogen-bond donors (Lipinski definition) is 4. The molecule has 360 valence electrons. The van der Waals surface area contributed by atoms with E-state index in [0.717, 1.165) is 40.0 Å². The molecule has 0 aliphatic rings. The summed E-state index contributed by atoms with van der Waals surface area (Å²) in [5.41, 5.74) is 2.57. The molecule has 71 heavy (non-hydrogen) atoms. The highest BCUT2D eigenvalue weighted by molar-refractivity contribution is 7.14. The number of thiazole rings is 2. The van der Waals surface area contributed by atoms with E-state index in [1.807, 2.05) is 32.0 Å². The van der Waals surface area contributed by atoms with Gasteiger partial charge < -0.3 is 21.3 Å². The summed E-state index contributed by atoms with van der Waals surface area (Å²) in [5, 5.41) is 11.9. The fraction of sp³-hybridized carbons (Fsp3) is 0.208. The molecule has 0 radical (unpaired) electrons. The minimum atomic E-state index is -4.57. The Kier molecular flexibility index (Phi) is 14.3. The Balaban J connectivity index is 0.841. The second-order valence-electron chi connectivity index (χ2n) is 16.7. The van der Waals surface area contributed by atoms with Gasteiger partial charge in [-0.3, -0.25) is 29.1 Å². The van der Waals surface area contributed by atoms with Gasteiger partial charge in [0.25, 0.3) is 23.6 Å². The molecule has 0 aliphatic heterocycles. The third-order valence-corrected chi connectivity index (χ3v) is 13.2. The molecule has 2 atom stereocenters. The lowest BCUT2D eigenvalue weighted by Crippen LogP contribution is -2.27. The topological polar surface area (TPSA) is 245 Å². The lowest BCUT2D eigenvalue weighted by Gasteiger charge is -2.24. The Labute approximate surface area is 411 Å². The van der Waals surface area contributed by atoms with Gasteiger partial charge in [0, 0.05) is 59.0 Å². The molecule has 0 saturated carbocycles. The van der Waals surface area contributed by atoms with Crippen LogP contribution in [0.3, 0.4) is 0 Å². The summed E-state index contributed by atoms with van der Waals surface area (Å²) in [6.45, 7) is 8.74. The van der Waals surface area contributed by atoms with E-state index in [0.29, 0.717) is 44.0 Å². The van der Waals surface area contributed by atoms with E-state index in [4.69, 9.17) is 0 Å². The van der Waals surface area contributed by atoms with Crippen LogP contribution in [0.4, 0.5) is 24.7 Å². The predicted molar refractivity (Wildman–Crippen MR) is 257 cm³/mol. The quantitative estimate of drug-likeness (QED) is 0.0753. The summed E-state index contributed by atoms with van der Waals surface area (Å²) in [7, 11) is 0. The number of aryl methyl sites for hydroxylation is 1.